The first-order chi connectivity index (χ1) is 15.8. The highest BCUT2D eigenvalue weighted by Gasteiger charge is 2.55. The maximum absolute atomic E-state index is 6.06. The molecule has 1 aliphatic carbocycles. The van der Waals surface area contributed by atoms with E-state index in [2.05, 4.69) is 58.3 Å². The Morgan fingerprint density at radius 2 is 1.59 bits per heavy atom. The summed E-state index contributed by atoms with van der Waals surface area (Å²) in [4.78, 5) is 5.22. The minimum Gasteiger partial charge on any atom is -0.489 e. The maximum atomic E-state index is 6.06. The Hall–Kier alpha value is -1.88. The molecule has 1 saturated carbocycles. The average Bonchev–Trinajstić information content (AvgIpc) is 3.29. The Labute approximate surface area is 193 Å². The lowest BCUT2D eigenvalue weighted by molar-refractivity contribution is 0.0967. The van der Waals surface area contributed by atoms with Gasteiger partial charge < -0.3 is 14.4 Å². The van der Waals surface area contributed by atoms with Crippen molar-refractivity contribution in [1.29, 1.82) is 0 Å². The van der Waals surface area contributed by atoms with Crippen LogP contribution in [0.4, 0.5) is 0 Å². The first-order valence-electron chi connectivity index (χ1n) is 12.6. The van der Waals surface area contributed by atoms with Crippen LogP contribution in [-0.4, -0.2) is 55.7 Å². The number of ether oxygens (including phenoxy) is 2. The molecule has 0 spiro atoms. The minimum absolute atomic E-state index is 0.623. The second-order valence-corrected chi connectivity index (χ2v) is 9.94. The smallest absolute Gasteiger partial charge is 0.120 e. The molecule has 2 aromatic carbocycles. The van der Waals surface area contributed by atoms with Gasteiger partial charge in [0.2, 0.25) is 0 Å². The number of hydrogen-bond acceptors (Lipinski definition) is 4. The molecule has 2 aliphatic heterocycles. The molecule has 4 nitrogen and oxygen atoms in total. The van der Waals surface area contributed by atoms with Crippen molar-refractivity contribution in [2.24, 2.45) is 17.8 Å². The summed E-state index contributed by atoms with van der Waals surface area (Å²) in [5.41, 5.74) is 2.56. The predicted molar refractivity (Wildman–Crippen MR) is 129 cm³/mol. The van der Waals surface area contributed by atoms with Crippen LogP contribution >= 0.6 is 0 Å². The highest BCUT2D eigenvalue weighted by molar-refractivity contribution is 5.29. The van der Waals surface area contributed by atoms with Crippen molar-refractivity contribution >= 4 is 0 Å². The molecule has 0 amide bonds. The Morgan fingerprint density at radius 3 is 2.41 bits per heavy atom. The lowest BCUT2D eigenvalue weighted by atomic mass is 10.1. The van der Waals surface area contributed by atoms with Crippen molar-refractivity contribution < 1.29 is 9.47 Å². The third-order valence-electron chi connectivity index (χ3n) is 7.52. The van der Waals surface area contributed by atoms with Gasteiger partial charge in [-0.2, -0.15) is 0 Å². The van der Waals surface area contributed by atoms with Crippen LogP contribution < -0.4 is 4.74 Å². The predicted octanol–water partition coefficient (Wildman–Crippen LogP) is 4.84. The Morgan fingerprint density at radius 1 is 0.812 bits per heavy atom. The third-order valence-corrected chi connectivity index (χ3v) is 7.52. The van der Waals surface area contributed by atoms with Gasteiger partial charge in [-0.15, -0.1) is 0 Å². The fourth-order valence-corrected chi connectivity index (χ4v) is 5.64. The fraction of sp³-hybridized carbons (Fsp3) is 0.571. The summed E-state index contributed by atoms with van der Waals surface area (Å²) in [6.45, 7) is 9.83. The molecule has 0 bridgehead atoms. The van der Waals surface area contributed by atoms with Crippen molar-refractivity contribution in [3.05, 3.63) is 65.7 Å². The van der Waals surface area contributed by atoms with E-state index in [0.717, 1.165) is 43.3 Å². The standard InChI is InChI=1S/C28H38N2O2/c1-3-9-23(10-4-1)21-32-25-12-7-11-24(17-25)18-30-19-26-27(20-30)28(26)22-31-16-8-15-29-13-5-2-6-14-29/h1,3-4,7,9-12,17,26-28H,2,5-6,8,13-16,18-22H2/t26-,27+,28?. The van der Waals surface area contributed by atoms with Gasteiger partial charge in [0, 0.05) is 32.8 Å². The molecule has 2 aromatic rings. The number of hydrogen-bond donors (Lipinski definition) is 0. The van der Waals surface area contributed by atoms with Crippen LogP contribution in [0.2, 0.25) is 0 Å². The van der Waals surface area contributed by atoms with Gasteiger partial charge in [-0.1, -0.05) is 48.9 Å². The number of piperidine rings is 2. The number of nitrogens with zero attached hydrogens (tertiary/aromatic N) is 2. The Bertz CT molecular complexity index is 824. The van der Waals surface area contributed by atoms with Crippen molar-refractivity contribution in [2.75, 3.05) is 45.9 Å². The van der Waals surface area contributed by atoms with Crippen LogP contribution in [0.3, 0.4) is 0 Å². The average molecular weight is 435 g/mol. The summed E-state index contributed by atoms with van der Waals surface area (Å²) in [6.07, 6.45) is 5.38. The van der Waals surface area contributed by atoms with Crippen molar-refractivity contribution in [3.8, 4) is 5.75 Å². The first-order valence-corrected chi connectivity index (χ1v) is 12.6. The Kier molecular flexibility index (Phi) is 7.42. The van der Waals surface area contributed by atoms with Crippen molar-refractivity contribution in [1.82, 2.24) is 9.80 Å². The zero-order chi connectivity index (χ0) is 21.6. The Balaban J connectivity index is 0.976. The van der Waals surface area contributed by atoms with E-state index in [4.69, 9.17) is 9.47 Å². The van der Waals surface area contributed by atoms with Crippen LogP contribution in [0.1, 0.15) is 36.8 Å². The fourth-order valence-electron chi connectivity index (χ4n) is 5.64. The van der Waals surface area contributed by atoms with E-state index < -0.39 is 0 Å². The van der Waals surface area contributed by atoms with E-state index >= 15 is 0 Å². The molecule has 3 fully saturated rings. The molecule has 0 radical (unpaired) electrons. The van der Waals surface area contributed by atoms with E-state index in [9.17, 15) is 0 Å². The molecule has 2 saturated heterocycles. The molecule has 3 aliphatic rings. The molecular weight excluding hydrogens is 396 g/mol. The van der Waals surface area contributed by atoms with Crippen molar-refractivity contribution in [2.45, 2.75) is 38.8 Å². The van der Waals surface area contributed by atoms with E-state index in [1.54, 1.807) is 0 Å². The maximum Gasteiger partial charge on any atom is 0.120 e. The lowest BCUT2D eigenvalue weighted by Crippen LogP contribution is -2.31. The SMILES string of the molecule is c1ccc(COc2cccc(CN3C[C@@H]4C(COCCCN5CCCCC5)[C@@H]4C3)c2)cc1. The number of benzene rings is 2. The summed E-state index contributed by atoms with van der Waals surface area (Å²) in [6, 6.07) is 19.0. The molecule has 4 heteroatoms. The van der Waals surface area contributed by atoms with E-state index in [1.807, 2.05) is 6.07 Å². The van der Waals surface area contributed by atoms with E-state index in [-0.39, 0.29) is 0 Å². The van der Waals surface area contributed by atoms with Gasteiger partial charge in [-0.05, 0) is 73.4 Å². The van der Waals surface area contributed by atoms with Gasteiger partial charge in [-0.25, -0.2) is 0 Å². The topological polar surface area (TPSA) is 24.9 Å². The number of fused-ring (bicyclic) bond motifs is 1. The molecule has 2 heterocycles. The second-order valence-electron chi connectivity index (χ2n) is 9.94. The molecule has 1 unspecified atom stereocenters. The van der Waals surface area contributed by atoms with Gasteiger partial charge in [0.1, 0.15) is 12.4 Å². The molecule has 0 N–H and O–H groups in total. The first kappa shape index (κ1) is 21.9. The van der Waals surface area contributed by atoms with Crippen LogP contribution in [0.25, 0.3) is 0 Å². The van der Waals surface area contributed by atoms with E-state index in [0.29, 0.717) is 6.61 Å². The third kappa shape index (κ3) is 5.92. The lowest BCUT2D eigenvalue weighted by Gasteiger charge is -2.26. The van der Waals surface area contributed by atoms with Gasteiger partial charge in [-0.3, -0.25) is 4.90 Å². The summed E-state index contributed by atoms with van der Waals surface area (Å²) in [5.74, 6) is 3.48. The zero-order valence-corrected chi connectivity index (χ0v) is 19.3. The largest absolute Gasteiger partial charge is 0.489 e. The van der Waals surface area contributed by atoms with Gasteiger partial charge in [0.25, 0.3) is 0 Å². The summed E-state index contributed by atoms with van der Waals surface area (Å²) in [5, 5.41) is 0. The molecule has 32 heavy (non-hydrogen) atoms. The van der Waals surface area contributed by atoms with Crippen LogP contribution in [0.5, 0.6) is 5.75 Å². The summed E-state index contributed by atoms with van der Waals surface area (Å²) < 4.78 is 12.1. The second kappa shape index (κ2) is 10.8. The zero-order valence-electron chi connectivity index (χ0n) is 19.3. The molecule has 172 valence electrons. The monoisotopic (exact) mass is 434 g/mol. The van der Waals surface area contributed by atoms with Crippen LogP contribution in [-0.2, 0) is 17.9 Å². The van der Waals surface area contributed by atoms with E-state index in [1.165, 1.54) is 69.5 Å². The quantitative estimate of drug-likeness (QED) is 0.473. The van der Waals surface area contributed by atoms with Gasteiger partial charge in [0.05, 0.1) is 6.61 Å². The molecular formula is C28H38N2O2. The normalized spacial score (nSPS) is 25.6. The van der Waals surface area contributed by atoms with Crippen LogP contribution in [0, 0.1) is 17.8 Å². The molecule has 5 rings (SSSR count). The van der Waals surface area contributed by atoms with Gasteiger partial charge in [0.15, 0.2) is 0 Å². The van der Waals surface area contributed by atoms with Crippen molar-refractivity contribution in [3.63, 3.8) is 0 Å². The molecule has 3 atom stereocenters. The highest BCUT2D eigenvalue weighted by Crippen LogP contribution is 2.52. The summed E-state index contributed by atoms with van der Waals surface area (Å²) >= 11 is 0. The molecule has 0 aromatic heterocycles. The van der Waals surface area contributed by atoms with Gasteiger partial charge >= 0.3 is 0 Å². The van der Waals surface area contributed by atoms with Crippen LogP contribution in [0.15, 0.2) is 54.6 Å². The number of rotatable bonds is 11. The minimum atomic E-state index is 0.623. The summed E-state index contributed by atoms with van der Waals surface area (Å²) in [7, 11) is 0. The number of likely N-dealkylation sites (tertiary alicyclic amines) is 2. The highest BCUT2D eigenvalue weighted by atomic mass is 16.5.